The lowest BCUT2D eigenvalue weighted by molar-refractivity contribution is -2.00. The number of hydrogen-bond donors (Lipinski definition) is 0. The quantitative estimate of drug-likeness (QED) is 0.622. The molecule has 2 heterocycles. The second-order valence-electron chi connectivity index (χ2n) is 4.89. The van der Waals surface area contributed by atoms with Crippen molar-refractivity contribution in [3.63, 3.8) is 0 Å². The standard InChI is InChI=1S/C15H14ClOS.ClHO4/c1-3-4-13-15-12(7-9(2)17-13)11-8-10(16)5-6-14(11)18-15;2-1(3,4)5/h5-8H,3-4H2,1-2H3;(H,2,3,4,5)/q+1;/p-1. The van der Waals surface area contributed by atoms with E-state index < -0.39 is 10.2 Å². The van der Waals surface area contributed by atoms with Crippen LogP contribution in [-0.2, 0) is 6.42 Å². The molecule has 3 aromatic rings. The number of fused-ring (bicyclic) bond motifs is 3. The Labute approximate surface area is 144 Å². The SMILES string of the molecule is CCCc1[o+]c(C)cc2c1sc1ccc(Cl)cc12.[O-][Cl+3]([O-])([O-])[O-]. The molecule has 2 aromatic heterocycles. The number of halogens is 2. The predicted molar refractivity (Wildman–Crippen MR) is 79.7 cm³/mol. The summed E-state index contributed by atoms with van der Waals surface area (Å²) in [4.78, 5) is 0. The van der Waals surface area contributed by atoms with Crippen LogP contribution in [0.5, 0.6) is 0 Å². The van der Waals surface area contributed by atoms with Crippen LogP contribution in [0.15, 0.2) is 28.7 Å². The summed E-state index contributed by atoms with van der Waals surface area (Å²) in [5.41, 5.74) is 0. The van der Waals surface area contributed by atoms with Crippen LogP contribution >= 0.6 is 22.9 Å². The largest absolute Gasteiger partial charge is 0.347 e. The molecule has 0 aliphatic heterocycles. The van der Waals surface area contributed by atoms with Gasteiger partial charge in [0.2, 0.25) is 0 Å². The first kappa shape index (κ1) is 18.4. The van der Waals surface area contributed by atoms with Gasteiger partial charge in [0.25, 0.3) is 0 Å². The monoisotopic (exact) mass is 376 g/mol. The fourth-order valence-electron chi connectivity index (χ4n) is 2.30. The molecule has 0 aliphatic carbocycles. The fourth-order valence-corrected chi connectivity index (χ4v) is 3.65. The Hall–Kier alpha value is -0.990. The third-order valence-corrected chi connectivity index (χ3v) is 4.51. The topological polar surface area (TPSA) is 104 Å². The Morgan fingerprint density at radius 3 is 2.39 bits per heavy atom. The van der Waals surface area contributed by atoms with Gasteiger partial charge in [-0.1, -0.05) is 18.5 Å². The van der Waals surface area contributed by atoms with Crippen LogP contribution in [0.1, 0.15) is 24.9 Å². The lowest BCUT2D eigenvalue weighted by Crippen LogP contribution is -2.68. The molecule has 0 bridgehead atoms. The van der Waals surface area contributed by atoms with Gasteiger partial charge in [0.1, 0.15) is 4.70 Å². The molecule has 8 heteroatoms. The van der Waals surface area contributed by atoms with Gasteiger partial charge in [-0.2, -0.15) is 0 Å². The molecular weight excluding hydrogens is 363 g/mol. The summed E-state index contributed by atoms with van der Waals surface area (Å²) in [6.07, 6.45) is 2.08. The molecule has 23 heavy (non-hydrogen) atoms. The van der Waals surface area contributed by atoms with Crippen LogP contribution in [0.3, 0.4) is 0 Å². The zero-order valence-electron chi connectivity index (χ0n) is 12.4. The Bertz CT molecular complexity index is 820. The van der Waals surface area contributed by atoms with E-state index in [1.807, 2.05) is 19.1 Å². The van der Waals surface area contributed by atoms with Crippen LogP contribution in [0.2, 0.25) is 5.02 Å². The maximum Gasteiger partial charge on any atom is 0.347 e. The zero-order valence-corrected chi connectivity index (χ0v) is 14.8. The van der Waals surface area contributed by atoms with Gasteiger partial charge < -0.3 is 0 Å². The van der Waals surface area contributed by atoms with Crippen LogP contribution in [0.4, 0.5) is 0 Å². The van der Waals surface area contributed by atoms with Gasteiger partial charge in [-0.25, -0.2) is 23.1 Å². The molecule has 1 aromatic carbocycles. The van der Waals surface area contributed by atoms with Gasteiger partial charge in [-0.3, -0.25) is 0 Å². The third-order valence-electron chi connectivity index (χ3n) is 3.05. The first-order valence-corrected chi connectivity index (χ1v) is 9.18. The van der Waals surface area contributed by atoms with E-state index in [-0.39, 0.29) is 0 Å². The minimum absolute atomic E-state index is 0.790. The first-order chi connectivity index (χ1) is 10.7. The molecule has 0 saturated heterocycles. The molecule has 0 unspecified atom stereocenters. The summed E-state index contributed by atoms with van der Waals surface area (Å²) in [5, 5.41) is 3.29. The molecule has 0 N–H and O–H groups in total. The highest BCUT2D eigenvalue weighted by molar-refractivity contribution is 7.26. The van der Waals surface area contributed by atoms with Crippen molar-refractivity contribution in [2.75, 3.05) is 0 Å². The van der Waals surface area contributed by atoms with Crippen LogP contribution in [-0.4, -0.2) is 0 Å². The molecule has 0 spiro atoms. The van der Waals surface area contributed by atoms with Gasteiger partial charge in [-0.15, -0.1) is 21.6 Å². The summed E-state index contributed by atoms with van der Waals surface area (Å²) in [6, 6.07) is 8.20. The van der Waals surface area contributed by atoms with E-state index in [0.717, 1.165) is 29.4 Å². The Morgan fingerprint density at radius 1 is 1.13 bits per heavy atom. The summed E-state index contributed by atoms with van der Waals surface area (Å²) in [6.45, 7) is 4.18. The van der Waals surface area contributed by atoms with Crippen molar-refractivity contribution in [2.24, 2.45) is 0 Å². The van der Waals surface area contributed by atoms with E-state index in [4.69, 9.17) is 34.7 Å². The molecule has 0 radical (unpaired) electrons. The van der Waals surface area contributed by atoms with Crippen molar-refractivity contribution in [2.45, 2.75) is 26.7 Å². The maximum absolute atomic E-state index is 8.49. The molecule has 3 rings (SSSR count). The van der Waals surface area contributed by atoms with Gasteiger partial charge in [0.15, 0.2) is 0 Å². The van der Waals surface area contributed by atoms with Gasteiger partial charge in [0, 0.05) is 26.6 Å². The van der Waals surface area contributed by atoms with Gasteiger partial charge >= 0.3 is 11.5 Å². The number of thiophene rings is 1. The average molecular weight is 377 g/mol. The molecule has 0 saturated carbocycles. The lowest BCUT2D eigenvalue weighted by atomic mass is 10.1. The molecular formula is C15H14Cl2O5S. The van der Waals surface area contributed by atoms with Crippen molar-refractivity contribution in [1.29, 1.82) is 0 Å². The van der Waals surface area contributed by atoms with Crippen LogP contribution in [0.25, 0.3) is 20.2 Å². The third kappa shape index (κ3) is 4.99. The molecule has 0 atom stereocenters. The Morgan fingerprint density at radius 2 is 1.78 bits per heavy atom. The van der Waals surface area contributed by atoms with Crippen molar-refractivity contribution in [3.8, 4) is 0 Å². The van der Waals surface area contributed by atoms with Gasteiger partial charge in [0.05, 0.1) is 13.3 Å². The minimum Gasteiger partial charge on any atom is -0.222 e. The van der Waals surface area contributed by atoms with Crippen molar-refractivity contribution < 1.29 is 33.3 Å². The van der Waals surface area contributed by atoms with E-state index in [1.54, 1.807) is 11.3 Å². The molecule has 0 amide bonds. The van der Waals surface area contributed by atoms with E-state index in [1.165, 1.54) is 20.2 Å². The Balaban J connectivity index is 0.000000338. The van der Waals surface area contributed by atoms with Crippen molar-refractivity contribution in [3.05, 3.63) is 40.8 Å². The van der Waals surface area contributed by atoms with Crippen molar-refractivity contribution in [1.82, 2.24) is 0 Å². The maximum atomic E-state index is 8.49. The fraction of sp³-hybridized carbons (Fsp3) is 0.267. The predicted octanol–water partition coefficient (Wildman–Crippen LogP) is 1.09. The molecule has 0 aliphatic rings. The van der Waals surface area contributed by atoms with Crippen LogP contribution < -0.4 is 18.6 Å². The average Bonchev–Trinajstić information content (AvgIpc) is 2.75. The summed E-state index contributed by atoms with van der Waals surface area (Å²) >= 11 is 7.89. The molecule has 5 nitrogen and oxygen atoms in total. The number of aryl methyl sites for hydroxylation is 2. The number of rotatable bonds is 2. The van der Waals surface area contributed by atoms with E-state index >= 15 is 0 Å². The zero-order chi connectivity index (χ0) is 17.2. The van der Waals surface area contributed by atoms with Crippen molar-refractivity contribution >= 4 is 43.1 Å². The minimum atomic E-state index is -4.94. The first-order valence-electron chi connectivity index (χ1n) is 6.75. The second-order valence-corrected chi connectivity index (χ2v) is 7.14. The summed E-state index contributed by atoms with van der Waals surface area (Å²) in [5.74, 6) is 2.07. The lowest BCUT2D eigenvalue weighted by Gasteiger charge is -2.17. The number of hydrogen-bond acceptors (Lipinski definition) is 5. The smallest absolute Gasteiger partial charge is 0.222 e. The second kappa shape index (κ2) is 7.27. The van der Waals surface area contributed by atoms with E-state index in [0.29, 0.717) is 0 Å². The summed E-state index contributed by atoms with van der Waals surface area (Å²) < 4.78 is 42.4. The van der Waals surface area contributed by atoms with E-state index in [2.05, 4.69) is 19.1 Å². The van der Waals surface area contributed by atoms with Gasteiger partial charge in [-0.05, 0) is 24.6 Å². The van der Waals surface area contributed by atoms with E-state index in [9.17, 15) is 0 Å². The molecule has 124 valence electrons. The van der Waals surface area contributed by atoms with Crippen LogP contribution in [0, 0.1) is 17.2 Å². The Kier molecular flexibility index (Phi) is 5.80. The number of benzene rings is 1. The highest BCUT2D eigenvalue weighted by atomic mass is 35.7. The highest BCUT2D eigenvalue weighted by Gasteiger charge is 2.20. The normalized spacial score (nSPS) is 11.6. The highest BCUT2D eigenvalue weighted by Crippen LogP contribution is 2.38. The summed E-state index contributed by atoms with van der Waals surface area (Å²) in [7, 11) is -4.94. The molecule has 0 fully saturated rings.